The lowest BCUT2D eigenvalue weighted by atomic mass is 9.86. The van der Waals surface area contributed by atoms with Crippen molar-refractivity contribution in [2.45, 2.75) is 33.0 Å². The Kier molecular flexibility index (Phi) is 5.89. The Morgan fingerprint density at radius 3 is 1.58 bits per heavy atom. The number of esters is 1. The van der Waals surface area contributed by atoms with Crippen molar-refractivity contribution in [3.63, 3.8) is 0 Å². The van der Waals surface area contributed by atoms with Crippen molar-refractivity contribution in [3.8, 4) is 5.75 Å². The molecule has 146 valence electrons. The number of alkyl halides is 3. The number of hydrogen-bond acceptors (Lipinski definition) is 3. The lowest BCUT2D eigenvalue weighted by molar-refractivity contribution is -0.176. The molecule has 1 N–H and O–H groups in total. The van der Waals surface area contributed by atoms with Gasteiger partial charge in [0.25, 0.3) is 0 Å². The van der Waals surface area contributed by atoms with Crippen LogP contribution >= 0.6 is 0 Å². The average Bonchev–Trinajstić information content (AvgIpc) is 2.50. The monoisotopic (exact) mass is 393 g/mol. The second-order valence-electron chi connectivity index (χ2n) is 6.09. The van der Waals surface area contributed by atoms with Crippen molar-refractivity contribution in [2.75, 3.05) is 0 Å². The van der Waals surface area contributed by atoms with Gasteiger partial charge in [-0.1, -0.05) is 20.8 Å². The van der Waals surface area contributed by atoms with E-state index in [1.54, 1.807) is 0 Å². The van der Waals surface area contributed by atoms with Gasteiger partial charge < -0.3 is 10.1 Å². The Bertz CT molecular complexity index is 710. The zero-order valence-electron chi connectivity index (χ0n) is 13.3. The van der Waals surface area contributed by atoms with Crippen LogP contribution in [0, 0.1) is 34.5 Å². The molecule has 1 rings (SSSR count). The summed E-state index contributed by atoms with van der Waals surface area (Å²) in [6, 6.07) is -2.12. The summed E-state index contributed by atoms with van der Waals surface area (Å²) in [5.74, 6) is -18.8. The first-order chi connectivity index (χ1) is 11.6. The van der Waals surface area contributed by atoms with E-state index in [-0.39, 0.29) is 0 Å². The smallest absolute Gasteiger partial charge is 0.418 e. The van der Waals surface area contributed by atoms with Gasteiger partial charge in [-0.25, -0.2) is 18.0 Å². The topological polar surface area (TPSA) is 55.4 Å². The molecule has 0 unspecified atom stereocenters. The second-order valence-corrected chi connectivity index (χ2v) is 6.09. The molecule has 26 heavy (non-hydrogen) atoms. The first-order valence-electron chi connectivity index (χ1n) is 6.69. The Morgan fingerprint density at radius 2 is 1.23 bits per heavy atom. The van der Waals surface area contributed by atoms with Crippen LogP contribution in [-0.2, 0) is 9.59 Å². The van der Waals surface area contributed by atoms with E-state index in [1.165, 1.54) is 5.32 Å². The molecule has 0 aliphatic carbocycles. The number of benzene rings is 1. The SMILES string of the molecule is CC(C)(C)[C@H](NC(=O)C(F)(F)F)C(=O)Oc1c(F)c(F)c(F)c(F)c1F. The zero-order chi connectivity index (χ0) is 20.6. The number of hydrogen-bond donors (Lipinski definition) is 1. The summed E-state index contributed by atoms with van der Waals surface area (Å²) in [5.41, 5.74) is -1.47. The van der Waals surface area contributed by atoms with Crippen molar-refractivity contribution in [1.82, 2.24) is 5.32 Å². The number of nitrogens with one attached hydrogen (secondary N) is 1. The van der Waals surface area contributed by atoms with Gasteiger partial charge >= 0.3 is 18.1 Å². The zero-order valence-corrected chi connectivity index (χ0v) is 13.3. The molecule has 4 nitrogen and oxygen atoms in total. The van der Waals surface area contributed by atoms with Gasteiger partial charge in [0, 0.05) is 0 Å². The van der Waals surface area contributed by atoms with Crippen molar-refractivity contribution in [3.05, 3.63) is 29.1 Å². The largest absolute Gasteiger partial charge is 0.471 e. The summed E-state index contributed by atoms with van der Waals surface area (Å²) in [6.45, 7) is 3.48. The van der Waals surface area contributed by atoms with Crippen LogP contribution in [0.2, 0.25) is 0 Å². The van der Waals surface area contributed by atoms with E-state index in [0.717, 1.165) is 20.8 Å². The summed E-state index contributed by atoms with van der Waals surface area (Å²) in [4.78, 5) is 23.0. The number of amides is 1. The number of rotatable bonds is 3. The van der Waals surface area contributed by atoms with Crippen LogP contribution in [0.1, 0.15) is 20.8 Å². The van der Waals surface area contributed by atoms with E-state index in [1.807, 2.05) is 0 Å². The maximum absolute atomic E-state index is 13.5. The van der Waals surface area contributed by atoms with Crippen LogP contribution < -0.4 is 10.1 Å². The fourth-order valence-corrected chi connectivity index (χ4v) is 1.68. The van der Waals surface area contributed by atoms with Gasteiger partial charge in [-0.05, 0) is 5.41 Å². The number of ether oxygens (including phenoxy) is 1. The minimum absolute atomic E-state index is 1.16. The quantitative estimate of drug-likeness (QED) is 0.282. The first kappa shape index (κ1) is 21.6. The summed E-state index contributed by atoms with van der Waals surface area (Å²) in [5, 5.41) is 1.25. The Hall–Kier alpha value is -2.40. The fraction of sp³-hybridized carbons (Fsp3) is 0.429. The molecule has 0 aliphatic rings. The third kappa shape index (κ3) is 4.41. The van der Waals surface area contributed by atoms with Crippen LogP contribution in [0.4, 0.5) is 35.1 Å². The number of carbonyl (C=O) groups excluding carboxylic acids is 2. The molecule has 0 radical (unpaired) electrons. The molecule has 0 aliphatic heterocycles. The predicted molar refractivity (Wildman–Crippen MR) is 69.3 cm³/mol. The molecule has 1 aromatic rings. The lowest BCUT2D eigenvalue weighted by Crippen LogP contribution is -2.54. The lowest BCUT2D eigenvalue weighted by Gasteiger charge is -2.29. The molecule has 0 bridgehead atoms. The fourth-order valence-electron chi connectivity index (χ4n) is 1.68. The van der Waals surface area contributed by atoms with Gasteiger partial charge in [0.2, 0.25) is 34.8 Å². The Labute approximate surface area is 141 Å². The highest BCUT2D eigenvalue weighted by Crippen LogP contribution is 2.31. The first-order valence-corrected chi connectivity index (χ1v) is 6.69. The van der Waals surface area contributed by atoms with Crippen molar-refractivity contribution >= 4 is 11.9 Å². The highest BCUT2D eigenvalue weighted by molar-refractivity contribution is 5.88. The highest BCUT2D eigenvalue weighted by Gasteiger charge is 2.44. The van der Waals surface area contributed by atoms with Crippen LogP contribution in [0.5, 0.6) is 5.75 Å². The van der Waals surface area contributed by atoms with Gasteiger partial charge in [-0.15, -0.1) is 0 Å². The molecular formula is C14H11F8NO3. The highest BCUT2D eigenvalue weighted by atomic mass is 19.4. The number of halogens is 8. The van der Waals surface area contributed by atoms with Crippen LogP contribution in [-0.4, -0.2) is 24.1 Å². The Balaban J connectivity index is 3.26. The minimum atomic E-state index is -5.39. The van der Waals surface area contributed by atoms with Crippen LogP contribution in [0.15, 0.2) is 0 Å². The normalized spacial score (nSPS) is 13.3. The number of carbonyl (C=O) groups is 2. The maximum Gasteiger partial charge on any atom is 0.471 e. The molecule has 1 aromatic carbocycles. The van der Waals surface area contributed by atoms with Gasteiger partial charge in [0.1, 0.15) is 6.04 Å². The third-order valence-electron chi connectivity index (χ3n) is 3.01. The van der Waals surface area contributed by atoms with E-state index >= 15 is 0 Å². The Morgan fingerprint density at radius 1 is 0.846 bits per heavy atom. The van der Waals surface area contributed by atoms with Crippen LogP contribution in [0.3, 0.4) is 0 Å². The van der Waals surface area contributed by atoms with E-state index in [2.05, 4.69) is 4.74 Å². The average molecular weight is 393 g/mol. The standard InChI is InChI=1S/C14H11F8NO3/c1-13(2,3)10(23-12(25)14(20,21)22)11(24)26-9-7(18)5(16)4(15)6(17)8(9)19/h10H,1-3H3,(H,23,25)/t10-/m1/s1. The van der Waals surface area contributed by atoms with Gasteiger partial charge in [-0.2, -0.15) is 22.0 Å². The van der Waals surface area contributed by atoms with Crippen molar-refractivity contribution in [2.24, 2.45) is 5.41 Å². The molecule has 0 saturated carbocycles. The predicted octanol–water partition coefficient (Wildman–Crippen LogP) is 3.38. The van der Waals surface area contributed by atoms with E-state index in [0.29, 0.717) is 0 Å². The molecule has 1 atom stereocenters. The van der Waals surface area contributed by atoms with Crippen molar-refractivity contribution in [1.29, 1.82) is 0 Å². The summed E-state index contributed by atoms with van der Waals surface area (Å²) >= 11 is 0. The molecular weight excluding hydrogens is 382 g/mol. The van der Waals surface area contributed by atoms with Gasteiger partial charge in [0.15, 0.2) is 0 Å². The summed E-state index contributed by atoms with van der Waals surface area (Å²) in [7, 11) is 0. The van der Waals surface area contributed by atoms with E-state index in [4.69, 9.17) is 0 Å². The maximum atomic E-state index is 13.5. The van der Waals surface area contributed by atoms with Crippen molar-refractivity contribution < 1.29 is 49.4 Å². The van der Waals surface area contributed by atoms with Crippen LogP contribution in [0.25, 0.3) is 0 Å². The summed E-state index contributed by atoms with van der Waals surface area (Å²) in [6.07, 6.45) is -5.39. The molecule has 0 fully saturated rings. The molecule has 0 spiro atoms. The van der Waals surface area contributed by atoms with E-state index in [9.17, 15) is 44.7 Å². The van der Waals surface area contributed by atoms with Gasteiger partial charge in [-0.3, -0.25) is 4.79 Å². The molecule has 0 saturated heterocycles. The summed E-state index contributed by atoms with van der Waals surface area (Å²) < 4.78 is 107. The molecule has 0 aromatic heterocycles. The van der Waals surface area contributed by atoms with Gasteiger partial charge in [0.05, 0.1) is 0 Å². The minimum Gasteiger partial charge on any atom is -0.418 e. The molecule has 1 amide bonds. The van der Waals surface area contributed by atoms with E-state index < -0.39 is 64.3 Å². The third-order valence-corrected chi connectivity index (χ3v) is 3.01. The molecule has 12 heteroatoms. The molecule has 0 heterocycles. The second kappa shape index (κ2) is 7.08.